The summed E-state index contributed by atoms with van der Waals surface area (Å²) < 4.78 is 20.5. The number of amides is 2. The van der Waals surface area contributed by atoms with Crippen LogP contribution in [0.15, 0.2) is 71.5 Å². The van der Waals surface area contributed by atoms with Crippen LogP contribution in [0.1, 0.15) is 59.1 Å². The molecule has 2 amide bonds. The molecule has 0 saturated carbocycles. The summed E-state index contributed by atoms with van der Waals surface area (Å²) >= 11 is 0. The van der Waals surface area contributed by atoms with Gasteiger partial charge < -0.3 is 23.7 Å². The molecule has 12 nitrogen and oxygen atoms in total. The normalized spacial score (nSPS) is 17.6. The van der Waals surface area contributed by atoms with Crippen LogP contribution in [0.3, 0.4) is 0 Å². The highest BCUT2D eigenvalue weighted by molar-refractivity contribution is 5.88. The topological polar surface area (TPSA) is 149 Å². The lowest BCUT2D eigenvalue weighted by atomic mass is 10.1. The third-order valence-corrected chi connectivity index (χ3v) is 6.95. The zero-order valence-corrected chi connectivity index (χ0v) is 23.2. The van der Waals surface area contributed by atoms with Gasteiger partial charge in [0.25, 0.3) is 0 Å². The van der Waals surface area contributed by atoms with Gasteiger partial charge in [0.1, 0.15) is 19.3 Å². The Morgan fingerprint density at radius 2 is 1.40 bits per heavy atom. The fraction of sp³-hybridized carbons (Fsp3) is 0.367. The smallest absolute Gasteiger partial charge is 0.410 e. The Labute approximate surface area is 242 Å². The van der Waals surface area contributed by atoms with E-state index in [1.807, 2.05) is 60.7 Å². The number of carbonyl (C=O) groups excluding carboxylic acids is 3. The lowest BCUT2D eigenvalue weighted by molar-refractivity contribution is -0.141. The molecular formula is C30H33N3O9. The second-order valence-corrected chi connectivity index (χ2v) is 9.68. The molecule has 0 spiro atoms. The first kappa shape index (κ1) is 30.1. The summed E-state index contributed by atoms with van der Waals surface area (Å²) in [5.74, 6) is -1.21. The molecule has 0 aliphatic carbocycles. The van der Waals surface area contributed by atoms with Crippen molar-refractivity contribution in [1.29, 1.82) is 0 Å². The molecule has 2 saturated heterocycles. The van der Waals surface area contributed by atoms with E-state index in [1.54, 1.807) is 4.90 Å². The molecule has 0 bridgehead atoms. The van der Waals surface area contributed by atoms with Crippen LogP contribution < -0.4 is 0 Å². The Kier molecular flexibility index (Phi) is 10.5. The minimum atomic E-state index is -0.968. The van der Waals surface area contributed by atoms with Crippen LogP contribution in [0.25, 0.3) is 0 Å². The number of hydrogen-bond acceptors (Lipinski definition) is 9. The lowest BCUT2D eigenvalue weighted by Gasteiger charge is -2.22. The van der Waals surface area contributed by atoms with Crippen LogP contribution in [0.4, 0.5) is 9.59 Å². The lowest BCUT2D eigenvalue weighted by Crippen LogP contribution is -2.40. The highest BCUT2D eigenvalue weighted by atomic mass is 16.6. The molecule has 5 rings (SSSR count). The molecule has 222 valence electrons. The molecule has 0 radical (unpaired) electrons. The Balaban J connectivity index is 0.000000201. The fourth-order valence-corrected chi connectivity index (χ4v) is 4.85. The van der Waals surface area contributed by atoms with E-state index in [9.17, 15) is 19.2 Å². The monoisotopic (exact) mass is 579 g/mol. The number of methoxy groups -OCH3 is 1. The summed E-state index contributed by atoms with van der Waals surface area (Å²) in [7, 11) is 1.28. The maximum Gasteiger partial charge on any atom is 0.410 e. The van der Waals surface area contributed by atoms with E-state index in [4.69, 9.17) is 23.7 Å². The van der Waals surface area contributed by atoms with Crippen LogP contribution in [-0.2, 0) is 32.2 Å². The first-order valence-electron chi connectivity index (χ1n) is 13.6. The summed E-state index contributed by atoms with van der Waals surface area (Å²) in [6, 6.07) is 17.7. The van der Waals surface area contributed by atoms with Crippen LogP contribution >= 0.6 is 0 Å². The number of carboxylic acids is 1. The summed E-state index contributed by atoms with van der Waals surface area (Å²) in [5.41, 5.74) is 1.90. The van der Waals surface area contributed by atoms with Gasteiger partial charge in [-0.25, -0.2) is 24.2 Å². The van der Waals surface area contributed by atoms with Crippen molar-refractivity contribution in [3.8, 4) is 0 Å². The molecule has 2 fully saturated rings. The SMILES string of the molecule is COC(=O)c1ncoc1[C@@H]1CCCN1C(=O)OCc1ccccc1.O=C(O)[C@@H]1CCCN1C(=O)OCc1ccccc1. The van der Waals surface area contributed by atoms with Crippen molar-refractivity contribution in [1.82, 2.24) is 14.8 Å². The van der Waals surface area contributed by atoms with Crippen LogP contribution in [0.5, 0.6) is 0 Å². The van der Waals surface area contributed by atoms with Gasteiger partial charge in [0.05, 0.1) is 13.2 Å². The molecule has 2 atom stereocenters. The zero-order chi connectivity index (χ0) is 29.9. The molecule has 1 N–H and O–H groups in total. The Hall–Kier alpha value is -4.87. The Morgan fingerprint density at radius 3 is 1.98 bits per heavy atom. The van der Waals surface area contributed by atoms with E-state index >= 15 is 0 Å². The van der Waals surface area contributed by atoms with Crippen molar-refractivity contribution in [2.24, 2.45) is 0 Å². The number of carbonyl (C=O) groups is 4. The predicted molar refractivity (Wildman–Crippen MR) is 147 cm³/mol. The van der Waals surface area contributed by atoms with Gasteiger partial charge in [0.15, 0.2) is 17.8 Å². The largest absolute Gasteiger partial charge is 0.480 e. The van der Waals surface area contributed by atoms with E-state index in [-0.39, 0.29) is 24.9 Å². The predicted octanol–water partition coefficient (Wildman–Crippen LogP) is 4.81. The van der Waals surface area contributed by atoms with Crippen molar-refractivity contribution >= 4 is 24.1 Å². The molecular weight excluding hydrogens is 546 g/mol. The molecule has 12 heteroatoms. The number of likely N-dealkylation sites (tertiary alicyclic amines) is 2. The van der Waals surface area contributed by atoms with Gasteiger partial charge in [0, 0.05) is 13.1 Å². The number of esters is 1. The maximum absolute atomic E-state index is 12.4. The van der Waals surface area contributed by atoms with Crippen LogP contribution in [0, 0.1) is 0 Å². The minimum absolute atomic E-state index is 0.102. The quantitative estimate of drug-likeness (QED) is 0.305. The number of benzene rings is 2. The molecule has 42 heavy (non-hydrogen) atoms. The van der Waals surface area contributed by atoms with Crippen molar-refractivity contribution < 1.29 is 42.9 Å². The number of rotatable bonds is 7. The van der Waals surface area contributed by atoms with Gasteiger partial charge in [-0.1, -0.05) is 60.7 Å². The first-order valence-corrected chi connectivity index (χ1v) is 13.6. The highest BCUT2D eigenvalue weighted by Gasteiger charge is 2.37. The van der Waals surface area contributed by atoms with Gasteiger partial charge in [-0.15, -0.1) is 0 Å². The maximum atomic E-state index is 12.4. The number of hydrogen-bond donors (Lipinski definition) is 1. The average Bonchev–Trinajstić information content (AvgIpc) is 3.80. The number of carboxylic acid groups (broad SMARTS) is 1. The van der Waals surface area contributed by atoms with Gasteiger partial charge in [-0.3, -0.25) is 9.80 Å². The third kappa shape index (κ3) is 7.65. The minimum Gasteiger partial charge on any atom is -0.480 e. The average molecular weight is 580 g/mol. The number of aromatic nitrogens is 1. The van der Waals surface area contributed by atoms with Crippen LogP contribution in [-0.4, -0.2) is 70.3 Å². The number of ether oxygens (including phenoxy) is 3. The van der Waals surface area contributed by atoms with Crippen molar-refractivity contribution in [2.45, 2.75) is 51.0 Å². The van der Waals surface area contributed by atoms with Crippen molar-refractivity contribution in [3.63, 3.8) is 0 Å². The zero-order valence-electron chi connectivity index (χ0n) is 23.2. The van der Waals surface area contributed by atoms with Gasteiger partial charge in [-0.2, -0.15) is 0 Å². The second kappa shape index (κ2) is 14.7. The van der Waals surface area contributed by atoms with E-state index in [0.717, 1.165) is 17.5 Å². The first-order chi connectivity index (χ1) is 20.4. The summed E-state index contributed by atoms with van der Waals surface area (Å²) in [6.07, 6.45) is 2.88. The van der Waals surface area contributed by atoms with Gasteiger partial charge >= 0.3 is 24.1 Å². The summed E-state index contributed by atoms with van der Waals surface area (Å²) in [4.78, 5) is 53.6. The number of nitrogens with zero attached hydrogens (tertiary/aromatic N) is 3. The molecule has 3 heterocycles. The number of aliphatic carboxylic acids is 1. The Morgan fingerprint density at radius 1 is 0.857 bits per heavy atom. The van der Waals surface area contributed by atoms with Crippen molar-refractivity contribution in [2.75, 3.05) is 20.2 Å². The molecule has 2 aromatic carbocycles. The van der Waals surface area contributed by atoms with E-state index < -0.39 is 30.2 Å². The Bertz CT molecular complexity index is 1350. The van der Waals surface area contributed by atoms with E-state index in [2.05, 4.69) is 4.98 Å². The van der Waals surface area contributed by atoms with Crippen molar-refractivity contribution in [3.05, 3.63) is 89.6 Å². The van der Waals surface area contributed by atoms with E-state index in [1.165, 1.54) is 18.4 Å². The summed E-state index contributed by atoms with van der Waals surface area (Å²) in [5, 5.41) is 8.97. The molecule has 1 aromatic heterocycles. The standard InChI is InChI=1S/C17H18N2O5.C13H15NO4/c1-22-16(20)14-15(24-11-18-14)13-8-5-9-19(13)17(21)23-10-12-6-3-2-4-7-12;15-12(16)11-7-4-8-14(11)13(17)18-9-10-5-2-1-3-6-10/h2-4,6-7,11,13H,5,8-10H2,1H3;1-3,5-6,11H,4,7-9H2,(H,15,16)/t13-;11-/m00/s1. The molecule has 2 aliphatic rings. The second-order valence-electron chi connectivity index (χ2n) is 9.68. The molecule has 0 unspecified atom stereocenters. The van der Waals surface area contributed by atoms with Gasteiger partial charge in [-0.05, 0) is 36.8 Å². The highest BCUT2D eigenvalue weighted by Crippen LogP contribution is 2.34. The van der Waals surface area contributed by atoms with Crippen LogP contribution in [0.2, 0.25) is 0 Å². The van der Waals surface area contributed by atoms with E-state index in [0.29, 0.717) is 38.1 Å². The summed E-state index contributed by atoms with van der Waals surface area (Å²) in [6.45, 7) is 1.36. The fourth-order valence-electron chi connectivity index (χ4n) is 4.85. The molecule has 3 aromatic rings. The molecule has 2 aliphatic heterocycles. The van der Waals surface area contributed by atoms with Gasteiger partial charge in [0.2, 0.25) is 0 Å². The third-order valence-electron chi connectivity index (χ3n) is 6.95. The number of oxazole rings is 1.